The molecular formula is C20H24ClFN2O4. The van der Waals surface area contributed by atoms with Crippen LogP contribution in [-0.4, -0.2) is 34.9 Å². The molecule has 8 heteroatoms. The zero-order chi connectivity index (χ0) is 20.7. The highest BCUT2D eigenvalue weighted by Gasteiger charge is 2.56. The molecule has 6 nitrogen and oxygen atoms in total. The number of imide groups is 1. The predicted octanol–water partition coefficient (Wildman–Crippen LogP) is 3.66. The SMILES string of the molecule is CC1CC(C)(C)CC2(C1)NC(=O)N(CC(=O)OCc1c(F)cccc1Cl)C2=O. The first kappa shape index (κ1) is 20.6. The van der Waals surface area contributed by atoms with Gasteiger partial charge in [0.1, 0.15) is 24.5 Å². The van der Waals surface area contributed by atoms with E-state index >= 15 is 0 Å². The smallest absolute Gasteiger partial charge is 0.326 e. The van der Waals surface area contributed by atoms with Crippen molar-refractivity contribution >= 4 is 29.5 Å². The number of ether oxygens (including phenoxy) is 1. The summed E-state index contributed by atoms with van der Waals surface area (Å²) in [6, 6.07) is 3.54. The van der Waals surface area contributed by atoms with Gasteiger partial charge in [-0.3, -0.25) is 14.5 Å². The molecule has 1 saturated heterocycles. The quantitative estimate of drug-likeness (QED) is 0.607. The van der Waals surface area contributed by atoms with Gasteiger partial charge in [-0.05, 0) is 42.7 Å². The van der Waals surface area contributed by atoms with Crippen LogP contribution in [0.5, 0.6) is 0 Å². The van der Waals surface area contributed by atoms with Crippen LogP contribution in [0.2, 0.25) is 5.02 Å². The first-order valence-corrected chi connectivity index (χ1v) is 9.63. The minimum atomic E-state index is -0.979. The zero-order valence-electron chi connectivity index (χ0n) is 16.2. The summed E-state index contributed by atoms with van der Waals surface area (Å²) in [7, 11) is 0. The molecule has 0 aromatic heterocycles. The number of esters is 1. The Balaban J connectivity index is 1.67. The lowest BCUT2D eigenvalue weighted by atomic mass is 9.64. The van der Waals surface area contributed by atoms with E-state index in [1.165, 1.54) is 18.2 Å². The summed E-state index contributed by atoms with van der Waals surface area (Å²) in [5.41, 5.74) is -1.03. The fourth-order valence-electron chi connectivity index (χ4n) is 4.65. The van der Waals surface area contributed by atoms with E-state index in [4.69, 9.17) is 16.3 Å². The van der Waals surface area contributed by atoms with Gasteiger partial charge < -0.3 is 10.1 Å². The van der Waals surface area contributed by atoms with E-state index in [1.807, 2.05) is 0 Å². The molecule has 1 aromatic carbocycles. The van der Waals surface area contributed by atoms with E-state index < -0.39 is 35.8 Å². The van der Waals surface area contributed by atoms with Crippen LogP contribution in [0.3, 0.4) is 0 Å². The standard InChI is InChI=1S/C20H24ClFN2O4/c1-12-7-19(2,3)11-20(8-12)17(26)24(18(27)23-20)9-16(25)28-10-13-14(21)5-4-6-15(13)22/h4-6,12H,7-11H2,1-3H3,(H,23,27). The molecule has 3 amide bonds. The summed E-state index contributed by atoms with van der Waals surface area (Å²) < 4.78 is 18.8. The number of nitrogens with one attached hydrogen (secondary N) is 1. The number of rotatable bonds is 4. The highest BCUT2D eigenvalue weighted by atomic mass is 35.5. The lowest BCUT2D eigenvalue weighted by molar-refractivity contribution is -0.149. The molecule has 2 unspecified atom stereocenters. The van der Waals surface area contributed by atoms with Gasteiger partial charge in [0.05, 0.1) is 5.02 Å². The maximum absolute atomic E-state index is 13.8. The molecule has 1 aliphatic carbocycles. The first-order chi connectivity index (χ1) is 13.0. The largest absolute Gasteiger partial charge is 0.459 e. The molecule has 2 aliphatic rings. The van der Waals surface area contributed by atoms with Crippen molar-refractivity contribution in [2.75, 3.05) is 6.54 Å². The number of benzene rings is 1. The molecule has 1 aromatic rings. The van der Waals surface area contributed by atoms with Crippen molar-refractivity contribution in [1.82, 2.24) is 10.2 Å². The fraction of sp³-hybridized carbons (Fsp3) is 0.550. The second kappa shape index (κ2) is 7.35. The molecule has 152 valence electrons. The van der Waals surface area contributed by atoms with Gasteiger partial charge >= 0.3 is 12.0 Å². The van der Waals surface area contributed by atoms with E-state index in [9.17, 15) is 18.8 Å². The van der Waals surface area contributed by atoms with E-state index in [0.717, 1.165) is 11.3 Å². The van der Waals surface area contributed by atoms with Gasteiger partial charge in [-0.25, -0.2) is 9.18 Å². The summed E-state index contributed by atoms with van der Waals surface area (Å²) in [5.74, 6) is -1.53. The molecule has 3 rings (SSSR count). The lowest BCUT2D eigenvalue weighted by Gasteiger charge is -2.43. The van der Waals surface area contributed by atoms with Crippen molar-refractivity contribution in [2.24, 2.45) is 11.3 Å². The van der Waals surface area contributed by atoms with Crippen molar-refractivity contribution in [3.8, 4) is 0 Å². The summed E-state index contributed by atoms with van der Waals surface area (Å²) in [4.78, 5) is 38.5. The van der Waals surface area contributed by atoms with Gasteiger partial charge in [0.25, 0.3) is 5.91 Å². The van der Waals surface area contributed by atoms with Crippen molar-refractivity contribution in [2.45, 2.75) is 52.2 Å². The van der Waals surface area contributed by atoms with Crippen LogP contribution in [-0.2, 0) is 20.9 Å². The van der Waals surface area contributed by atoms with Gasteiger partial charge in [-0.1, -0.05) is 38.4 Å². The molecule has 1 heterocycles. The van der Waals surface area contributed by atoms with Crippen molar-refractivity contribution < 1.29 is 23.5 Å². The van der Waals surface area contributed by atoms with Crippen LogP contribution in [0.15, 0.2) is 18.2 Å². The Morgan fingerprint density at radius 2 is 2.07 bits per heavy atom. The minimum Gasteiger partial charge on any atom is -0.459 e. The van der Waals surface area contributed by atoms with Gasteiger partial charge in [0.15, 0.2) is 0 Å². The Morgan fingerprint density at radius 3 is 2.71 bits per heavy atom. The van der Waals surface area contributed by atoms with Crippen molar-refractivity contribution in [1.29, 1.82) is 0 Å². The second-order valence-corrected chi connectivity index (χ2v) is 9.03. The third-order valence-electron chi connectivity index (χ3n) is 5.35. The van der Waals surface area contributed by atoms with Gasteiger partial charge in [-0.2, -0.15) is 0 Å². The van der Waals surface area contributed by atoms with Gasteiger partial charge in [-0.15, -0.1) is 0 Å². The number of halogens is 2. The molecule has 28 heavy (non-hydrogen) atoms. The van der Waals surface area contributed by atoms with Crippen molar-refractivity contribution in [3.05, 3.63) is 34.6 Å². The first-order valence-electron chi connectivity index (χ1n) is 9.26. The van der Waals surface area contributed by atoms with E-state index in [-0.39, 0.29) is 28.5 Å². The zero-order valence-corrected chi connectivity index (χ0v) is 16.9. The second-order valence-electron chi connectivity index (χ2n) is 8.62. The maximum Gasteiger partial charge on any atom is 0.326 e. The Morgan fingerprint density at radius 1 is 1.36 bits per heavy atom. The maximum atomic E-state index is 13.8. The molecule has 0 bridgehead atoms. The van der Waals surface area contributed by atoms with Gasteiger partial charge in [0.2, 0.25) is 0 Å². The number of hydrogen-bond donors (Lipinski definition) is 1. The number of urea groups is 1. The van der Waals surface area contributed by atoms with Crippen LogP contribution >= 0.6 is 11.6 Å². The molecule has 2 fully saturated rings. The molecule has 0 radical (unpaired) electrons. The van der Waals surface area contributed by atoms with Crippen molar-refractivity contribution in [3.63, 3.8) is 0 Å². The summed E-state index contributed by atoms with van der Waals surface area (Å²) in [6.45, 7) is 5.30. The third-order valence-corrected chi connectivity index (χ3v) is 5.70. The highest BCUT2D eigenvalue weighted by Crippen LogP contribution is 2.46. The lowest BCUT2D eigenvalue weighted by Crippen LogP contribution is -2.54. The Bertz CT molecular complexity index is 808. The third kappa shape index (κ3) is 3.99. The van der Waals surface area contributed by atoms with E-state index in [2.05, 4.69) is 26.1 Å². The molecular weight excluding hydrogens is 387 g/mol. The van der Waals surface area contributed by atoms with Crippen LogP contribution in [0, 0.1) is 17.2 Å². The van der Waals surface area contributed by atoms with Crippen LogP contribution in [0.25, 0.3) is 0 Å². The van der Waals surface area contributed by atoms with E-state index in [0.29, 0.717) is 12.8 Å². The number of hydrogen-bond acceptors (Lipinski definition) is 4. The van der Waals surface area contributed by atoms with Crippen LogP contribution in [0.1, 0.15) is 45.6 Å². The van der Waals surface area contributed by atoms with Crippen LogP contribution in [0.4, 0.5) is 9.18 Å². The summed E-state index contributed by atoms with van der Waals surface area (Å²) in [6.07, 6.45) is 2.02. The fourth-order valence-corrected chi connectivity index (χ4v) is 4.86. The number of nitrogens with zero attached hydrogens (tertiary/aromatic N) is 1. The summed E-state index contributed by atoms with van der Waals surface area (Å²) in [5, 5.41) is 2.94. The predicted molar refractivity (Wildman–Crippen MR) is 101 cm³/mol. The molecule has 1 spiro atoms. The van der Waals surface area contributed by atoms with Gasteiger partial charge in [0, 0.05) is 5.56 Å². The topological polar surface area (TPSA) is 75.7 Å². The summed E-state index contributed by atoms with van der Waals surface area (Å²) >= 11 is 5.91. The monoisotopic (exact) mass is 410 g/mol. The average Bonchev–Trinajstić information content (AvgIpc) is 2.76. The number of amides is 3. The molecule has 2 atom stereocenters. The Kier molecular flexibility index (Phi) is 5.40. The highest BCUT2D eigenvalue weighted by molar-refractivity contribution is 6.31. The average molecular weight is 411 g/mol. The molecule has 1 saturated carbocycles. The van der Waals surface area contributed by atoms with Crippen LogP contribution < -0.4 is 5.32 Å². The number of carbonyl (C=O) groups is 3. The normalized spacial score (nSPS) is 26.5. The minimum absolute atomic E-state index is 0.0500. The van der Waals surface area contributed by atoms with E-state index in [1.54, 1.807) is 0 Å². The number of carbonyl (C=O) groups excluding carboxylic acids is 3. The molecule has 1 N–H and O–H groups in total. The molecule has 1 aliphatic heterocycles. The Hall–Kier alpha value is -2.15. The Labute approximate surface area is 168 Å².